The molecule has 1 heterocycles. The van der Waals surface area contributed by atoms with Crippen LogP contribution in [0.5, 0.6) is 0 Å². The Balaban J connectivity index is -0.000000185. The average molecular weight is 249 g/mol. The first-order chi connectivity index (χ1) is 5.84. The van der Waals surface area contributed by atoms with E-state index in [2.05, 4.69) is 6.58 Å². The van der Waals surface area contributed by atoms with Crippen molar-refractivity contribution in [2.24, 2.45) is 0 Å². The van der Waals surface area contributed by atoms with Gasteiger partial charge in [0.15, 0.2) is 0 Å². The molecule has 3 N–H and O–H groups in total. The topological polar surface area (TPSA) is 98.1 Å². The molecule has 0 aromatic carbocycles. The van der Waals surface area contributed by atoms with Crippen molar-refractivity contribution in [3.05, 3.63) is 12.8 Å². The number of hydrogen-bond acceptors (Lipinski definition) is 2. The fourth-order valence-electron chi connectivity index (χ4n) is 0.862. The van der Waals surface area contributed by atoms with Crippen LogP contribution in [0.2, 0.25) is 0 Å². The molecule has 0 saturated carbocycles. The van der Waals surface area contributed by atoms with Gasteiger partial charge in [-0.25, -0.2) is 4.57 Å². The summed E-state index contributed by atoms with van der Waals surface area (Å²) in [4.78, 5) is 33.9. The molecule has 0 aliphatic carbocycles. The van der Waals surface area contributed by atoms with Gasteiger partial charge in [0.2, 0.25) is 5.91 Å². The summed E-state index contributed by atoms with van der Waals surface area (Å²) in [7, 11) is -4.64. The molecule has 1 fully saturated rings. The van der Waals surface area contributed by atoms with E-state index in [1.807, 2.05) is 0 Å². The molecule has 1 rings (SSSR count). The Bertz CT molecular complexity index is 237. The number of rotatable bonds is 1. The van der Waals surface area contributed by atoms with Crippen molar-refractivity contribution in [3.63, 3.8) is 0 Å². The van der Waals surface area contributed by atoms with Crippen LogP contribution in [-0.4, -0.2) is 32.0 Å². The molecule has 0 unspecified atom stereocenters. The first kappa shape index (κ1) is 17.4. The second kappa shape index (κ2) is 8.15. The Morgan fingerprint density at radius 3 is 2.07 bits per heavy atom. The van der Waals surface area contributed by atoms with Crippen molar-refractivity contribution < 1.29 is 76.9 Å². The van der Waals surface area contributed by atoms with E-state index in [0.29, 0.717) is 6.42 Å². The van der Waals surface area contributed by atoms with Crippen LogP contribution in [0, 0.1) is 0 Å². The Hall–Kier alpha value is 0.956. The zero-order valence-corrected chi connectivity index (χ0v) is 12.0. The summed E-state index contributed by atoms with van der Waals surface area (Å²) in [5.41, 5.74) is 0. The number of nitrogens with zero attached hydrogens (tertiary/aromatic N) is 1. The molecule has 8 heteroatoms. The third-order valence-corrected chi connectivity index (χ3v) is 1.33. The van der Waals surface area contributed by atoms with Crippen LogP contribution >= 0.6 is 7.82 Å². The first-order valence-corrected chi connectivity index (χ1v) is 5.11. The van der Waals surface area contributed by atoms with Crippen LogP contribution in [-0.2, 0) is 9.36 Å². The second-order valence-electron chi connectivity index (χ2n) is 2.39. The van der Waals surface area contributed by atoms with Crippen LogP contribution in [0.4, 0.5) is 0 Å². The zero-order chi connectivity index (χ0) is 10.5. The van der Waals surface area contributed by atoms with Crippen LogP contribution in [0.3, 0.4) is 0 Å². The monoisotopic (exact) mass is 249 g/mol. The van der Waals surface area contributed by atoms with Gasteiger partial charge >= 0.3 is 59.2 Å². The van der Waals surface area contributed by atoms with Gasteiger partial charge in [-0.15, -0.1) is 0 Å². The molecule has 1 saturated heterocycles. The van der Waals surface area contributed by atoms with Gasteiger partial charge in [-0.05, 0) is 12.6 Å². The summed E-state index contributed by atoms with van der Waals surface area (Å²) in [6.45, 7) is 4.36. The fourth-order valence-corrected chi connectivity index (χ4v) is 0.862. The summed E-state index contributed by atoms with van der Waals surface area (Å²) in [5.74, 6) is 0.208. The minimum atomic E-state index is -4.64. The number of carbonyl (C=O) groups is 1. The maximum Gasteiger partial charge on any atom is 1.00 e. The quantitative estimate of drug-likeness (QED) is 0.338. The first-order valence-electron chi connectivity index (χ1n) is 3.55. The minimum absolute atomic E-state index is 0. The predicted molar refractivity (Wildman–Crippen MR) is 46.5 cm³/mol. The van der Waals surface area contributed by atoms with Gasteiger partial charge in [0.25, 0.3) is 0 Å². The SMILES string of the molecule is C=CN1CCCC1=O.O=P(O)(O)O.[H-].[K+]. The molecule has 0 radical (unpaired) electrons. The summed E-state index contributed by atoms with van der Waals surface area (Å²) in [6.07, 6.45) is 3.28. The Labute approximate surface area is 126 Å². The van der Waals surface area contributed by atoms with Crippen molar-refractivity contribution >= 4 is 13.7 Å². The molecular weight excluding hydrogens is 236 g/mol. The summed E-state index contributed by atoms with van der Waals surface area (Å²) < 4.78 is 8.88. The standard InChI is InChI=1S/C6H9NO.K.H3O4P.H/c1-2-7-5-3-4-6(7)8;;1-5(2,3)4;/h2H,1,3-5H2;;(H3,1,2,3,4);/q;+1;;-1. The van der Waals surface area contributed by atoms with Crippen LogP contribution < -0.4 is 51.4 Å². The molecule has 1 aliphatic heterocycles. The van der Waals surface area contributed by atoms with Gasteiger partial charge in [0.1, 0.15) is 0 Å². The number of hydrogen-bond donors (Lipinski definition) is 3. The minimum Gasteiger partial charge on any atom is -1.00 e. The van der Waals surface area contributed by atoms with Crippen LogP contribution in [0.1, 0.15) is 14.3 Å². The van der Waals surface area contributed by atoms with Crippen molar-refractivity contribution in [1.29, 1.82) is 0 Å². The number of likely N-dealkylation sites (tertiary alicyclic amines) is 1. The third-order valence-electron chi connectivity index (χ3n) is 1.33. The van der Waals surface area contributed by atoms with E-state index in [4.69, 9.17) is 19.2 Å². The zero-order valence-electron chi connectivity index (χ0n) is 8.96. The van der Waals surface area contributed by atoms with Gasteiger partial charge in [0.05, 0.1) is 0 Å². The van der Waals surface area contributed by atoms with Crippen molar-refractivity contribution in [3.8, 4) is 0 Å². The maximum atomic E-state index is 10.7. The van der Waals surface area contributed by atoms with Gasteiger partial charge < -0.3 is 21.0 Å². The van der Waals surface area contributed by atoms with E-state index in [1.54, 1.807) is 11.1 Å². The number of amides is 1. The van der Waals surface area contributed by atoms with E-state index < -0.39 is 7.82 Å². The number of phosphoric acid groups is 1. The van der Waals surface area contributed by atoms with E-state index in [-0.39, 0.29) is 58.7 Å². The van der Waals surface area contributed by atoms with Crippen molar-refractivity contribution in [2.45, 2.75) is 12.8 Å². The second-order valence-corrected chi connectivity index (χ2v) is 3.41. The molecule has 0 aromatic rings. The summed E-state index contributed by atoms with van der Waals surface area (Å²) in [5, 5.41) is 0. The molecule has 1 amide bonds. The van der Waals surface area contributed by atoms with E-state index in [0.717, 1.165) is 13.0 Å². The Morgan fingerprint density at radius 2 is 1.93 bits per heavy atom. The smallest absolute Gasteiger partial charge is 1.00 e. The molecule has 0 atom stereocenters. The molecule has 0 spiro atoms. The largest absolute Gasteiger partial charge is 1.00 e. The fraction of sp³-hybridized carbons (Fsp3) is 0.500. The molecule has 6 nitrogen and oxygen atoms in total. The Morgan fingerprint density at radius 1 is 1.50 bits per heavy atom. The Kier molecular flexibility index (Phi) is 10.1. The summed E-state index contributed by atoms with van der Waals surface area (Å²) >= 11 is 0. The van der Waals surface area contributed by atoms with Gasteiger partial charge in [-0.3, -0.25) is 4.79 Å². The average Bonchev–Trinajstić information content (AvgIpc) is 2.31. The molecule has 0 bridgehead atoms. The van der Waals surface area contributed by atoms with Gasteiger partial charge in [-0.1, -0.05) is 6.58 Å². The van der Waals surface area contributed by atoms with Gasteiger partial charge in [0, 0.05) is 13.0 Å². The normalized spacial score (nSPS) is 15.4. The molecular formula is C6H13KNO5P. The van der Waals surface area contributed by atoms with Crippen molar-refractivity contribution in [1.82, 2.24) is 4.90 Å². The number of carbonyl (C=O) groups excluding carboxylic acids is 1. The van der Waals surface area contributed by atoms with E-state index >= 15 is 0 Å². The van der Waals surface area contributed by atoms with E-state index in [9.17, 15) is 4.79 Å². The molecule has 78 valence electrons. The van der Waals surface area contributed by atoms with Gasteiger partial charge in [-0.2, -0.15) is 0 Å². The van der Waals surface area contributed by atoms with E-state index in [1.165, 1.54) is 0 Å². The summed E-state index contributed by atoms with van der Waals surface area (Å²) in [6, 6.07) is 0. The third kappa shape index (κ3) is 11.0. The van der Waals surface area contributed by atoms with Crippen molar-refractivity contribution in [2.75, 3.05) is 6.54 Å². The molecule has 0 aromatic heterocycles. The molecule has 1 aliphatic rings. The molecule has 14 heavy (non-hydrogen) atoms. The van der Waals surface area contributed by atoms with Crippen LogP contribution in [0.25, 0.3) is 0 Å². The predicted octanol–water partition coefficient (Wildman–Crippen LogP) is -3.06. The van der Waals surface area contributed by atoms with Crippen LogP contribution in [0.15, 0.2) is 12.8 Å². The maximum absolute atomic E-state index is 10.7.